The number of amides is 1. The summed E-state index contributed by atoms with van der Waals surface area (Å²) in [5.74, 6) is 0.795. The van der Waals surface area contributed by atoms with Gasteiger partial charge in [0.1, 0.15) is 6.04 Å². The predicted molar refractivity (Wildman–Crippen MR) is 106 cm³/mol. The van der Waals surface area contributed by atoms with Gasteiger partial charge in [0.05, 0.1) is 6.26 Å². The lowest BCUT2D eigenvalue weighted by Gasteiger charge is -2.08. The number of hydrogen-bond donors (Lipinski definition) is 1. The van der Waals surface area contributed by atoms with E-state index in [0.29, 0.717) is 28.5 Å². The summed E-state index contributed by atoms with van der Waals surface area (Å²) in [6.45, 7) is 1.70. The van der Waals surface area contributed by atoms with Gasteiger partial charge in [0.25, 0.3) is 11.8 Å². The molecule has 1 unspecified atom stereocenters. The summed E-state index contributed by atoms with van der Waals surface area (Å²) in [6, 6.07) is 16.8. The van der Waals surface area contributed by atoms with E-state index in [1.807, 2.05) is 0 Å². The van der Waals surface area contributed by atoms with E-state index in [-0.39, 0.29) is 11.8 Å². The lowest BCUT2D eigenvalue weighted by Crippen LogP contribution is -2.11. The van der Waals surface area contributed by atoms with E-state index in [0.717, 1.165) is 5.56 Å². The molecule has 144 valence electrons. The van der Waals surface area contributed by atoms with Crippen LogP contribution in [-0.4, -0.2) is 16.1 Å². The van der Waals surface area contributed by atoms with Crippen LogP contribution in [0.3, 0.4) is 0 Å². The third kappa shape index (κ3) is 3.96. The van der Waals surface area contributed by atoms with E-state index < -0.39 is 6.04 Å². The van der Waals surface area contributed by atoms with Gasteiger partial charge in [-0.05, 0) is 55.0 Å². The number of hydrogen-bond acceptors (Lipinski definition) is 7. The Labute approximate surface area is 165 Å². The van der Waals surface area contributed by atoms with Crippen molar-refractivity contribution in [3.05, 3.63) is 83.0 Å². The van der Waals surface area contributed by atoms with Crippen molar-refractivity contribution in [1.82, 2.24) is 10.2 Å². The maximum Gasteiger partial charge on any atom is 0.283 e. The first-order valence-electron chi connectivity index (χ1n) is 8.85. The average molecular weight is 388 g/mol. The van der Waals surface area contributed by atoms with E-state index >= 15 is 0 Å². The predicted octanol–water partition coefficient (Wildman–Crippen LogP) is 5.08. The summed E-state index contributed by atoms with van der Waals surface area (Å²) in [5, 5.41) is 13.8. The lowest BCUT2D eigenvalue weighted by molar-refractivity contribution is 0.102. The highest BCUT2D eigenvalue weighted by Crippen LogP contribution is 2.26. The van der Waals surface area contributed by atoms with E-state index in [1.54, 1.807) is 67.6 Å². The molecule has 0 radical (unpaired) electrons. The topological polar surface area (TPSA) is 111 Å². The quantitative estimate of drug-likeness (QED) is 0.461. The Hall–Kier alpha value is -4.07. The van der Waals surface area contributed by atoms with Crippen molar-refractivity contribution in [3.8, 4) is 23.1 Å². The van der Waals surface area contributed by atoms with Crippen molar-refractivity contribution in [2.75, 3.05) is 5.32 Å². The Morgan fingerprint density at radius 1 is 1.03 bits per heavy atom. The van der Waals surface area contributed by atoms with Crippen LogP contribution in [0.5, 0.6) is 0 Å². The van der Waals surface area contributed by atoms with Gasteiger partial charge in [0.2, 0.25) is 5.89 Å². The fourth-order valence-electron chi connectivity index (χ4n) is 2.75. The van der Waals surface area contributed by atoms with Crippen molar-refractivity contribution >= 4 is 11.6 Å². The smallest absolute Gasteiger partial charge is 0.283 e. The van der Waals surface area contributed by atoms with Crippen LogP contribution in [-0.2, 0) is 0 Å². The van der Waals surface area contributed by atoms with Gasteiger partial charge in [0.15, 0.2) is 5.76 Å². The Bertz CT molecular complexity index is 1130. The number of aromatic nitrogens is 2. The third-order valence-corrected chi connectivity index (χ3v) is 4.34. The molecule has 0 aliphatic heterocycles. The molecule has 0 aliphatic rings. The molecule has 0 saturated heterocycles. The standard InChI is InChI=1S/C21H16N4O4/c1-13(25-27)14-7-9-15(10-8-14)19(26)22-17-5-2-4-16(12-17)20-23-24-21(29-20)18-6-3-11-28-18/h2-13H,1H3,(H,22,26). The second-order valence-corrected chi connectivity index (χ2v) is 6.33. The SMILES string of the molecule is CC(N=O)c1ccc(C(=O)Nc2cccc(-c3nnc(-c4ccco4)o3)c2)cc1. The number of furan rings is 1. The molecule has 2 heterocycles. The Morgan fingerprint density at radius 3 is 2.55 bits per heavy atom. The molecule has 2 aromatic carbocycles. The highest BCUT2D eigenvalue weighted by Gasteiger charge is 2.14. The van der Waals surface area contributed by atoms with Gasteiger partial charge < -0.3 is 14.2 Å². The molecular formula is C21H16N4O4. The highest BCUT2D eigenvalue weighted by molar-refractivity contribution is 6.04. The minimum atomic E-state index is -0.454. The zero-order chi connectivity index (χ0) is 20.2. The molecule has 0 aliphatic carbocycles. The summed E-state index contributed by atoms with van der Waals surface area (Å²) >= 11 is 0. The summed E-state index contributed by atoms with van der Waals surface area (Å²) in [5.41, 5.74) is 2.46. The van der Waals surface area contributed by atoms with Gasteiger partial charge in [-0.1, -0.05) is 23.4 Å². The second-order valence-electron chi connectivity index (χ2n) is 6.33. The first kappa shape index (κ1) is 18.3. The molecule has 0 spiro atoms. The van der Waals surface area contributed by atoms with Gasteiger partial charge in [-0.2, -0.15) is 4.91 Å². The zero-order valence-electron chi connectivity index (χ0n) is 15.4. The lowest BCUT2D eigenvalue weighted by atomic mass is 10.1. The number of nitrogens with zero attached hydrogens (tertiary/aromatic N) is 3. The summed E-state index contributed by atoms with van der Waals surface area (Å²) < 4.78 is 10.9. The van der Waals surface area contributed by atoms with Crippen molar-refractivity contribution in [1.29, 1.82) is 0 Å². The largest absolute Gasteiger partial charge is 0.459 e. The summed E-state index contributed by atoms with van der Waals surface area (Å²) in [4.78, 5) is 23.1. The Kier molecular flexibility index (Phi) is 4.98. The number of carbonyl (C=O) groups is 1. The number of benzene rings is 2. The number of nitroso groups, excluding NO2 is 1. The fourth-order valence-corrected chi connectivity index (χ4v) is 2.75. The summed E-state index contributed by atoms with van der Waals surface area (Å²) in [6.07, 6.45) is 1.53. The van der Waals surface area contributed by atoms with Crippen LogP contribution in [0.15, 0.2) is 80.9 Å². The summed E-state index contributed by atoms with van der Waals surface area (Å²) in [7, 11) is 0. The van der Waals surface area contributed by atoms with Gasteiger partial charge in [-0.25, -0.2) is 0 Å². The Balaban J connectivity index is 1.50. The Morgan fingerprint density at radius 2 is 1.83 bits per heavy atom. The zero-order valence-corrected chi connectivity index (χ0v) is 15.4. The van der Waals surface area contributed by atoms with E-state index in [4.69, 9.17) is 8.83 Å². The van der Waals surface area contributed by atoms with Crippen molar-refractivity contribution in [2.45, 2.75) is 13.0 Å². The van der Waals surface area contributed by atoms with Gasteiger partial charge in [0, 0.05) is 16.8 Å². The minimum absolute atomic E-state index is 0.276. The van der Waals surface area contributed by atoms with Crippen molar-refractivity contribution < 1.29 is 13.6 Å². The van der Waals surface area contributed by atoms with Crippen LogP contribution in [0.25, 0.3) is 23.1 Å². The van der Waals surface area contributed by atoms with E-state index in [2.05, 4.69) is 20.7 Å². The normalized spacial score (nSPS) is 11.8. The van der Waals surface area contributed by atoms with Crippen LogP contribution < -0.4 is 5.32 Å². The molecule has 0 saturated carbocycles. The second kappa shape index (κ2) is 7.89. The molecule has 2 aromatic heterocycles. The van der Waals surface area contributed by atoms with Crippen LogP contribution in [0.2, 0.25) is 0 Å². The fraction of sp³-hybridized carbons (Fsp3) is 0.0952. The minimum Gasteiger partial charge on any atom is -0.459 e. The first-order chi connectivity index (χ1) is 14.1. The molecule has 1 atom stereocenters. The van der Waals surface area contributed by atoms with Gasteiger partial charge in [-0.3, -0.25) is 4.79 Å². The molecule has 0 fully saturated rings. The van der Waals surface area contributed by atoms with E-state index in [9.17, 15) is 9.70 Å². The number of anilines is 1. The third-order valence-electron chi connectivity index (χ3n) is 4.34. The number of rotatable bonds is 6. The molecule has 1 N–H and O–H groups in total. The molecule has 4 aromatic rings. The van der Waals surface area contributed by atoms with Crippen LogP contribution in [0.4, 0.5) is 5.69 Å². The molecule has 0 bridgehead atoms. The molecular weight excluding hydrogens is 372 g/mol. The molecule has 29 heavy (non-hydrogen) atoms. The van der Waals surface area contributed by atoms with Crippen molar-refractivity contribution in [3.63, 3.8) is 0 Å². The van der Waals surface area contributed by atoms with Crippen molar-refractivity contribution in [2.24, 2.45) is 5.18 Å². The maximum absolute atomic E-state index is 12.5. The van der Waals surface area contributed by atoms with E-state index in [1.165, 1.54) is 6.26 Å². The van der Waals surface area contributed by atoms with Crippen LogP contribution in [0.1, 0.15) is 28.9 Å². The molecule has 1 amide bonds. The molecule has 4 rings (SSSR count). The molecule has 8 nitrogen and oxygen atoms in total. The average Bonchev–Trinajstić information content (AvgIpc) is 3.45. The monoisotopic (exact) mass is 388 g/mol. The van der Waals surface area contributed by atoms with Gasteiger partial charge >= 0.3 is 0 Å². The van der Waals surface area contributed by atoms with Crippen LogP contribution in [0, 0.1) is 4.91 Å². The van der Waals surface area contributed by atoms with Gasteiger partial charge in [-0.15, -0.1) is 10.2 Å². The van der Waals surface area contributed by atoms with Crippen LogP contribution >= 0.6 is 0 Å². The highest BCUT2D eigenvalue weighted by atomic mass is 16.4. The maximum atomic E-state index is 12.5. The number of carbonyl (C=O) groups excluding carboxylic acids is 1. The number of nitrogens with one attached hydrogen (secondary N) is 1. The molecule has 8 heteroatoms. The first-order valence-corrected chi connectivity index (χ1v) is 8.85.